The third-order valence-electron chi connectivity index (χ3n) is 3.13. The number of halogens is 1. The molecule has 5 heteroatoms. The number of hydrogen-bond donors (Lipinski definition) is 1. The van der Waals surface area contributed by atoms with E-state index >= 15 is 0 Å². The molecule has 0 radical (unpaired) electrons. The van der Waals surface area contributed by atoms with Gasteiger partial charge in [0.15, 0.2) is 10.6 Å². The molecule has 17 heavy (non-hydrogen) atoms. The first kappa shape index (κ1) is 11.2. The molecule has 1 aliphatic carbocycles. The molecule has 0 unspecified atom stereocenters. The maximum absolute atomic E-state index is 5.30. The number of rotatable bonds is 2. The van der Waals surface area contributed by atoms with Crippen molar-refractivity contribution >= 4 is 28.1 Å². The summed E-state index contributed by atoms with van der Waals surface area (Å²) in [5.74, 6) is 0.955. The van der Waals surface area contributed by atoms with E-state index in [9.17, 15) is 0 Å². The molecule has 1 aromatic carbocycles. The Morgan fingerprint density at radius 1 is 1.47 bits per heavy atom. The summed E-state index contributed by atoms with van der Waals surface area (Å²) >= 11 is 8.85. The number of nitrogens with zero attached hydrogens (tertiary/aromatic N) is 2. The summed E-state index contributed by atoms with van der Waals surface area (Å²) in [5.41, 5.74) is 2.34. The van der Waals surface area contributed by atoms with Gasteiger partial charge >= 0.3 is 0 Å². The first-order valence-electron chi connectivity index (χ1n) is 5.61. The third kappa shape index (κ3) is 1.87. The molecule has 0 saturated heterocycles. The van der Waals surface area contributed by atoms with Crippen LogP contribution in [-0.2, 0) is 0 Å². The van der Waals surface area contributed by atoms with Gasteiger partial charge in [-0.15, -0.1) is 0 Å². The van der Waals surface area contributed by atoms with Gasteiger partial charge in [0, 0.05) is 16.1 Å². The van der Waals surface area contributed by atoms with Crippen LogP contribution in [0, 0.1) is 11.7 Å². The van der Waals surface area contributed by atoms with Crippen LogP contribution in [0.2, 0.25) is 0 Å². The third-order valence-corrected chi connectivity index (χ3v) is 4.27. The van der Waals surface area contributed by atoms with Crippen molar-refractivity contribution in [2.24, 2.45) is 0 Å². The molecule has 3 rings (SSSR count). The van der Waals surface area contributed by atoms with Gasteiger partial charge in [-0.3, -0.25) is 9.67 Å². The fourth-order valence-corrected chi connectivity index (χ4v) is 2.66. The normalized spacial score (nSPS) is 15.2. The average molecular weight is 310 g/mol. The minimum atomic E-state index is 0.537. The van der Waals surface area contributed by atoms with Gasteiger partial charge in [0.1, 0.15) is 0 Å². The van der Waals surface area contributed by atoms with Crippen molar-refractivity contribution in [3.63, 3.8) is 0 Å². The highest BCUT2D eigenvalue weighted by atomic mass is 79.9. The van der Waals surface area contributed by atoms with Crippen molar-refractivity contribution < 1.29 is 0 Å². The number of hydrogen-bond acceptors (Lipinski definition) is 2. The number of H-pyrrole nitrogens is 1. The molecule has 0 aliphatic heterocycles. The predicted molar refractivity (Wildman–Crippen MR) is 73.6 cm³/mol. The van der Waals surface area contributed by atoms with Crippen LogP contribution in [-0.4, -0.2) is 14.8 Å². The lowest BCUT2D eigenvalue weighted by Crippen LogP contribution is -1.99. The number of benzene rings is 1. The van der Waals surface area contributed by atoms with Gasteiger partial charge in [0.2, 0.25) is 0 Å². The molecule has 0 spiro atoms. The summed E-state index contributed by atoms with van der Waals surface area (Å²) in [6, 6.07) is 6.70. The van der Waals surface area contributed by atoms with Gasteiger partial charge in [-0.1, -0.05) is 28.1 Å². The van der Waals surface area contributed by atoms with E-state index in [0.717, 1.165) is 20.6 Å². The van der Waals surface area contributed by atoms with Crippen molar-refractivity contribution in [3.8, 4) is 11.4 Å². The van der Waals surface area contributed by atoms with E-state index in [1.807, 2.05) is 12.1 Å². The zero-order valence-electron chi connectivity index (χ0n) is 9.40. The van der Waals surface area contributed by atoms with Crippen molar-refractivity contribution in [3.05, 3.63) is 33.0 Å². The van der Waals surface area contributed by atoms with E-state index in [2.05, 4.69) is 43.7 Å². The molecule has 1 fully saturated rings. The summed E-state index contributed by atoms with van der Waals surface area (Å²) in [4.78, 5) is 0. The lowest BCUT2D eigenvalue weighted by molar-refractivity contribution is 0.734. The molecular formula is C12H12BrN3S. The quantitative estimate of drug-likeness (QED) is 0.850. The molecule has 1 aliphatic rings. The second-order valence-electron chi connectivity index (χ2n) is 4.37. The lowest BCUT2D eigenvalue weighted by atomic mass is 10.1. The molecule has 1 saturated carbocycles. The number of aromatic amines is 1. The molecule has 0 bridgehead atoms. The maximum Gasteiger partial charge on any atom is 0.195 e. The predicted octanol–water partition coefficient (Wildman–Crippen LogP) is 4.01. The Labute approximate surface area is 113 Å². The Kier molecular flexibility index (Phi) is 2.67. The van der Waals surface area contributed by atoms with Gasteiger partial charge < -0.3 is 0 Å². The minimum absolute atomic E-state index is 0.537. The van der Waals surface area contributed by atoms with E-state index in [1.165, 1.54) is 18.4 Å². The first-order chi connectivity index (χ1) is 8.18. The van der Waals surface area contributed by atoms with Gasteiger partial charge in [-0.05, 0) is 43.6 Å². The Hall–Kier alpha value is -0.940. The highest BCUT2D eigenvalue weighted by Gasteiger charge is 2.28. The van der Waals surface area contributed by atoms with Crippen LogP contribution in [0.15, 0.2) is 22.7 Å². The van der Waals surface area contributed by atoms with Crippen LogP contribution < -0.4 is 0 Å². The number of nitrogens with one attached hydrogen (secondary N) is 1. The van der Waals surface area contributed by atoms with E-state index < -0.39 is 0 Å². The van der Waals surface area contributed by atoms with Crippen LogP contribution >= 0.6 is 28.1 Å². The topological polar surface area (TPSA) is 33.6 Å². The molecule has 1 heterocycles. The van der Waals surface area contributed by atoms with Crippen molar-refractivity contribution in [1.82, 2.24) is 14.8 Å². The van der Waals surface area contributed by atoms with E-state index in [0.29, 0.717) is 6.04 Å². The molecular weight excluding hydrogens is 298 g/mol. The second kappa shape index (κ2) is 4.07. The van der Waals surface area contributed by atoms with Crippen LogP contribution in [0.3, 0.4) is 0 Å². The van der Waals surface area contributed by atoms with Crippen molar-refractivity contribution in [2.45, 2.75) is 25.8 Å². The molecule has 0 amide bonds. The Balaban J connectivity index is 2.21. The highest BCUT2D eigenvalue weighted by Crippen LogP contribution is 2.39. The summed E-state index contributed by atoms with van der Waals surface area (Å²) in [7, 11) is 0. The molecule has 1 N–H and O–H groups in total. The zero-order chi connectivity index (χ0) is 12.0. The minimum Gasteiger partial charge on any atom is -0.297 e. The Bertz CT molecular complexity index is 625. The first-order valence-corrected chi connectivity index (χ1v) is 6.81. The Morgan fingerprint density at radius 2 is 2.24 bits per heavy atom. The SMILES string of the molecule is Cc1c(Br)cccc1-c1n[nH]c(=S)n1C1CC1. The van der Waals surface area contributed by atoms with E-state index in [1.54, 1.807) is 0 Å². The summed E-state index contributed by atoms with van der Waals surface area (Å²) in [5, 5.41) is 7.28. The second-order valence-corrected chi connectivity index (χ2v) is 5.61. The zero-order valence-corrected chi connectivity index (χ0v) is 11.8. The molecule has 0 atom stereocenters. The summed E-state index contributed by atoms with van der Waals surface area (Å²) in [6.45, 7) is 2.09. The molecule has 2 aromatic rings. The largest absolute Gasteiger partial charge is 0.297 e. The van der Waals surface area contributed by atoms with Crippen LogP contribution in [0.4, 0.5) is 0 Å². The fraction of sp³-hybridized carbons (Fsp3) is 0.333. The lowest BCUT2D eigenvalue weighted by Gasteiger charge is -2.08. The maximum atomic E-state index is 5.30. The van der Waals surface area contributed by atoms with Gasteiger partial charge in [-0.2, -0.15) is 5.10 Å². The molecule has 1 aromatic heterocycles. The van der Waals surface area contributed by atoms with Crippen molar-refractivity contribution in [1.29, 1.82) is 0 Å². The van der Waals surface area contributed by atoms with Crippen molar-refractivity contribution in [2.75, 3.05) is 0 Å². The standard InChI is InChI=1S/C12H12BrN3S/c1-7-9(3-2-4-10(7)13)11-14-15-12(17)16(11)8-5-6-8/h2-4,8H,5-6H2,1H3,(H,15,17). The van der Waals surface area contributed by atoms with Gasteiger partial charge in [-0.25, -0.2) is 0 Å². The fourth-order valence-electron chi connectivity index (χ4n) is 2.02. The van der Waals surface area contributed by atoms with Crippen LogP contribution in [0.1, 0.15) is 24.4 Å². The summed E-state index contributed by atoms with van der Waals surface area (Å²) < 4.78 is 3.97. The van der Waals surface area contributed by atoms with Gasteiger partial charge in [0.05, 0.1) is 0 Å². The Morgan fingerprint density at radius 3 is 2.94 bits per heavy atom. The van der Waals surface area contributed by atoms with E-state index in [4.69, 9.17) is 12.2 Å². The average Bonchev–Trinajstić information content (AvgIpc) is 3.07. The van der Waals surface area contributed by atoms with Gasteiger partial charge in [0.25, 0.3) is 0 Å². The number of aromatic nitrogens is 3. The monoisotopic (exact) mass is 309 g/mol. The smallest absolute Gasteiger partial charge is 0.195 e. The van der Waals surface area contributed by atoms with E-state index in [-0.39, 0.29) is 0 Å². The highest BCUT2D eigenvalue weighted by molar-refractivity contribution is 9.10. The molecule has 3 nitrogen and oxygen atoms in total. The van der Waals surface area contributed by atoms with Crippen LogP contribution in [0.25, 0.3) is 11.4 Å². The molecule has 88 valence electrons. The summed E-state index contributed by atoms with van der Waals surface area (Å²) in [6.07, 6.45) is 2.40. The van der Waals surface area contributed by atoms with Crippen LogP contribution in [0.5, 0.6) is 0 Å².